The summed E-state index contributed by atoms with van der Waals surface area (Å²) in [5.74, 6) is 0.00868. The Balaban J connectivity index is 1.67. The first-order valence-corrected chi connectivity index (χ1v) is 7.53. The molecule has 1 heterocycles. The minimum atomic E-state index is 0.00868. The molecular formula is C16H25N3O2. The molecule has 1 aromatic rings. The van der Waals surface area contributed by atoms with E-state index in [1.54, 1.807) is 0 Å². The largest absolute Gasteiger partial charge is 0.379 e. The molecule has 1 fully saturated rings. The second-order valence-corrected chi connectivity index (χ2v) is 5.45. The molecule has 0 bridgehead atoms. The van der Waals surface area contributed by atoms with E-state index in [1.807, 2.05) is 32.0 Å². The lowest BCUT2D eigenvalue weighted by Crippen LogP contribution is -2.41. The van der Waals surface area contributed by atoms with Crippen molar-refractivity contribution in [1.29, 1.82) is 0 Å². The Kier molecular flexibility index (Phi) is 6.17. The summed E-state index contributed by atoms with van der Waals surface area (Å²) in [5, 5.41) is 6.18. The Morgan fingerprint density at radius 3 is 2.57 bits per heavy atom. The van der Waals surface area contributed by atoms with Crippen molar-refractivity contribution < 1.29 is 9.53 Å². The number of nitrogens with zero attached hydrogens (tertiary/aromatic N) is 1. The zero-order valence-corrected chi connectivity index (χ0v) is 12.9. The lowest BCUT2D eigenvalue weighted by molar-refractivity contribution is -0.115. The van der Waals surface area contributed by atoms with Gasteiger partial charge in [-0.1, -0.05) is 18.2 Å². The Labute approximate surface area is 126 Å². The fraction of sp³-hybridized carbons (Fsp3) is 0.562. The Morgan fingerprint density at radius 1 is 1.24 bits per heavy atom. The zero-order chi connectivity index (χ0) is 15.1. The van der Waals surface area contributed by atoms with Gasteiger partial charge in [-0.15, -0.1) is 0 Å². The minimum Gasteiger partial charge on any atom is -0.379 e. The van der Waals surface area contributed by atoms with Crippen LogP contribution >= 0.6 is 0 Å². The predicted octanol–water partition coefficient (Wildman–Crippen LogP) is 1.16. The van der Waals surface area contributed by atoms with Gasteiger partial charge in [-0.3, -0.25) is 9.69 Å². The molecule has 1 saturated heterocycles. The van der Waals surface area contributed by atoms with Crippen molar-refractivity contribution in [3.8, 4) is 0 Å². The van der Waals surface area contributed by atoms with Crippen LogP contribution in [0.5, 0.6) is 0 Å². The highest BCUT2D eigenvalue weighted by atomic mass is 16.5. The molecule has 1 aromatic carbocycles. The summed E-state index contributed by atoms with van der Waals surface area (Å²) in [4.78, 5) is 14.3. The van der Waals surface area contributed by atoms with E-state index in [2.05, 4.69) is 15.5 Å². The van der Waals surface area contributed by atoms with Crippen LogP contribution in [0.2, 0.25) is 0 Å². The highest BCUT2D eigenvalue weighted by Crippen LogP contribution is 2.18. The highest BCUT2D eigenvalue weighted by Gasteiger charge is 2.10. The molecule has 2 rings (SSSR count). The van der Waals surface area contributed by atoms with Crippen LogP contribution in [0.3, 0.4) is 0 Å². The predicted molar refractivity (Wildman–Crippen MR) is 84.7 cm³/mol. The summed E-state index contributed by atoms with van der Waals surface area (Å²) in [6.07, 6.45) is 0. The molecule has 0 aliphatic carbocycles. The number of ether oxygens (including phenoxy) is 1. The molecule has 1 aliphatic rings. The summed E-state index contributed by atoms with van der Waals surface area (Å²) in [6, 6.07) is 6.02. The second kappa shape index (κ2) is 8.12. The van der Waals surface area contributed by atoms with Gasteiger partial charge in [-0.2, -0.15) is 0 Å². The Morgan fingerprint density at radius 2 is 1.90 bits per heavy atom. The number of amides is 1. The number of anilines is 1. The highest BCUT2D eigenvalue weighted by molar-refractivity contribution is 5.93. The van der Waals surface area contributed by atoms with Crippen molar-refractivity contribution in [2.45, 2.75) is 13.8 Å². The quantitative estimate of drug-likeness (QED) is 0.773. The molecule has 0 saturated carbocycles. The van der Waals surface area contributed by atoms with Crippen LogP contribution in [0.4, 0.5) is 5.69 Å². The maximum atomic E-state index is 12.0. The van der Waals surface area contributed by atoms with E-state index in [0.717, 1.165) is 56.2 Å². The third-order valence-corrected chi connectivity index (χ3v) is 3.74. The fourth-order valence-electron chi connectivity index (χ4n) is 2.46. The molecule has 2 N–H and O–H groups in total. The Hall–Kier alpha value is -1.43. The van der Waals surface area contributed by atoms with Gasteiger partial charge in [-0.25, -0.2) is 0 Å². The first kappa shape index (κ1) is 15.9. The first-order valence-electron chi connectivity index (χ1n) is 7.53. The minimum absolute atomic E-state index is 0.00868. The lowest BCUT2D eigenvalue weighted by Gasteiger charge is -2.26. The van der Waals surface area contributed by atoms with Gasteiger partial charge in [0.15, 0.2) is 0 Å². The van der Waals surface area contributed by atoms with Crippen molar-refractivity contribution in [1.82, 2.24) is 10.2 Å². The summed E-state index contributed by atoms with van der Waals surface area (Å²) in [7, 11) is 0. The van der Waals surface area contributed by atoms with Crippen LogP contribution in [0.1, 0.15) is 11.1 Å². The smallest absolute Gasteiger partial charge is 0.238 e. The van der Waals surface area contributed by atoms with Gasteiger partial charge in [0.1, 0.15) is 0 Å². The number of hydrogen-bond acceptors (Lipinski definition) is 4. The van der Waals surface area contributed by atoms with Crippen LogP contribution in [0.15, 0.2) is 18.2 Å². The number of rotatable bonds is 6. The van der Waals surface area contributed by atoms with Gasteiger partial charge in [0.05, 0.1) is 19.8 Å². The second-order valence-electron chi connectivity index (χ2n) is 5.45. The molecule has 21 heavy (non-hydrogen) atoms. The van der Waals surface area contributed by atoms with Crippen LogP contribution in [-0.4, -0.2) is 56.7 Å². The van der Waals surface area contributed by atoms with Gasteiger partial charge >= 0.3 is 0 Å². The van der Waals surface area contributed by atoms with Gasteiger partial charge in [0.2, 0.25) is 5.91 Å². The van der Waals surface area contributed by atoms with E-state index in [9.17, 15) is 4.79 Å². The van der Waals surface area contributed by atoms with Crippen molar-refractivity contribution in [2.75, 3.05) is 51.3 Å². The summed E-state index contributed by atoms with van der Waals surface area (Å²) in [5.41, 5.74) is 3.12. The van der Waals surface area contributed by atoms with Crippen molar-refractivity contribution in [3.05, 3.63) is 29.3 Å². The number of carbonyl (C=O) groups is 1. The molecule has 1 aliphatic heterocycles. The van der Waals surface area contributed by atoms with Gasteiger partial charge in [-0.05, 0) is 25.0 Å². The van der Waals surface area contributed by atoms with Crippen molar-refractivity contribution in [2.24, 2.45) is 0 Å². The molecule has 0 aromatic heterocycles. The summed E-state index contributed by atoms with van der Waals surface area (Å²) < 4.78 is 5.31. The standard InChI is InChI=1S/C16H25N3O2/c1-13-4-3-5-14(2)16(13)18-15(20)12-17-6-7-19-8-10-21-11-9-19/h3-5,17H,6-12H2,1-2H3,(H,18,20). The molecule has 0 spiro atoms. The van der Waals surface area contributed by atoms with Crippen molar-refractivity contribution in [3.63, 3.8) is 0 Å². The molecular weight excluding hydrogens is 266 g/mol. The number of aryl methyl sites for hydroxylation is 2. The van der Waals surface area contributed by atoms with E-state index in [-0.39, 0.29) is 5.91 Å². The van der Waals surface area contributed by atoms with E-state index >= 15 is 0 Å². The Bertz CT molecular complexity index is 450. The third-order valence-electron chi connectivity index (χ3n) is 3.74. The molecule has 0 atom stereocenters. The average Bonchev–Trinajstić information content (AvgIpc) is 2.49. The fourth-order valence-corrected chi connectivity index (χ4v) is 2.46. The van der Waals surface area contributed by atoms with E-state index in [4.69, 9.17) is 4.74 Å². The number of nitrogens with one attached hydrogen (secondary N) is 2. The van der Waals surface area contributed by atoms with Crippen LogP contribution < -0.4 is 10.6 Å². The van der Waals surface area contributed by atoms with Gasteiger partial charge < -0.3 is 15.4 Å². The molecule has 1 amide bonds. The topological polar surface area (TPSA) is 53.6 Å². The molecule has 0 unspecified atom stereocenters. The number of carbonyl (C=O) groups excluding carboxylic acids is 1. The number of benzene rings is 1. The zero-order valence-electron chi connectivity index (χ0n) is 12.9. The maximum Gasteiger partial charge on any atom is 0.238 e. The molecule has 0 radical (unpaired) electrons. The SMILES string of the molecule is Cc1cccc(C)c1NC(=O)CNCCN1CCOCC1. The number of hydrogen-bond donors (Lipinski definition) is 2. The van der Waals surface area contributed by atoms with Gasteiger partial charge in [0, 0.05) is 31.9 Å². The average molecular weight is 291 g/mol. The monoisotopic (exact) mass is 291 g/mol. The van der Waals surface area contributed by atoms with Crippen LogP contribution in [-0.2, 0) is 9.53 Å². The lowest BCUT2D eigenvalue weighted by atomic mass is 10.1. The summed E-state index contributed by atoms with van der Waals surface area (Å²) >= 11 is 0. The third kappa shape index (κ3) is 5.12. The van der Waals surface area contributed by atoms with Crippen LogP contribution in [0.25, 0.3) is 0 Å². The van der Waals surface area contributed by atoms with Gasteiger partial charge in [0.25, 0.3) is 0 Å². The van der Waals surface area contributed by atoms with E-state index < -0.39 is 0 Å². The molecule has 116 valence electrons. The molecule has 5 heteroatoms. The number of morpholine rings is 1. The molecule has 5 nitrogen and oxygen atoms in total. The maximum absolute atomic E-state index is 12.0. The van der Waals surface area contributed by atoms with E-state index in [1.165, 1.54) is 0 Å². The normalized spacial score (nSPS) is 15.9. The number of para-hydroxylation sites is 1. The van der Waals surface area contributed by atoms with Crippen LogP contribution in [0, 0.1) is 13.8 Å². The van der Waals surface area contributed by atoms with E-state index in [0.29, 0.717) is 6.54 Å². The summed E-state index contributed by atoms with van der Waals surface area (Å²) in [6.45, 7) is 9.73. The first-order chi connectivity index (χ1) is 10.2. The van der Waals surface area contributed by atoms with Crippen molar-refractivity contribution >= 4 is 11.6 Å².